The van der Waals surface area contributed by atoms with E-state index < -0.39 is 0 Å². The highest BCUT2D eigenvalue weighted by atomic mass is 32.2. The van der Waals surface area contributed by atoms with Gasteiger partial charge in [-0.1, -0.05) is 18.2 Å². The quantitative estimate of drug-likeness (QED) is 0.770. The normalized spacial score (nSPS) is 16.1. The average Bonchev–Trinajstić information content (AvgIpc) is 3.19. The minimum atomic E-state index is 0.00460. The Morgan fingerprint density at radius 2 is 2.17 bits per heavy atom. The van der Waals surface area contributed by atoms with Crippen molar-refractivity contribution in [2.24, 2.45) is 0 Å². The van der Waals surface area contributed by atoms with Crippen LogP contribution in [0.4, 0.5) is 0 Å². The molecule has 18 heavy (non-hydrogen) atoms. The van der Waals surface area contributed by atoms with Gasteiger partial charge in [-0.2, -0.15) is 0 Å². The Labute approximate surface area is 112 Å². The van der Waals surface area contributed by atoms with Crippen LogP contribution in [0.25, 0.3) is 0 Å². The molecule has 1 aliphatic rings. The van der Waals surface area contributed by atoms with Crippen molar-refractivity contribution in [3.05, 3.63) is 30.3 Å². The van der Waals surface area contributed by atoms with Crippen LogP contribution in [-0.2, 0) is 4.79 Å². The van der Waals surface area contributed by atoms with Gasteiger partial charge in [-0.05, 0) is 31.9 Å². The summed E-state index contributed by atoms with van der Waals surface area (Å²) in [5, 5.41) is 3.02. The molecule has 0 saturated heterocycles. The molecule has 0 heterocycles. The van der Waals surface area contributed by atoms with Crippen LogP contribution in [0.15, 0.2) is 30.3 Å². The second-order valence-electron chi connectivity index (χ2n) is 4.46. The average molecular weight is 265 g/mol. The molecule has 1 aromatic carbocycles. The Kier molecular flexibility index (Phi) is 4.93. The minimum Gasteiger partial charge on any atom is -0.493 e. The number of ether oxygens (including phenoxy) is 1. The van der Waals surface area contributed by atoms with Crippen LogP contribution in [0, 0.1) is 0 Å². The molecule has 0 radical (unpaired) electrons. The number of rotatable bonds is 7. The van der Waals surface area contributed by atoms with Crippen LogP contribution in [0.3, 0.4) is 0 Å². The topological polar surface area (TPSA) is 38.3 Å². The summed E-state index contributed by atoms with van der Waals surface area (Å²) in [6.07, 6.45) is 2.28. The van der Waals surface area contributed by atoms with Crippen molar-refractivity contribution in [1.82, 2.24) is 5.32 Å². The van der Waals surface area contributed by atoms with Gasteiger partial charge in [-0.15, -0.1) is 11.8 Å². The van der Waals surface area contributed by atoms with Crippen molar-refractivity contribution in [1.29, 1.82) is 0 Å². The van der Waals surface area contributed by atoms with E-state index >= 15 is 0 Å². The highest BCUT2D eigenvalue weighted by molar-refractivity contribution is 8.00. The third-order valence-corrected chi connectivity index (χ3v) is 3.87. The number of amides is 1. The molecular weight excluding hydrogens is 246 g/mol. The van der Waals surface area contributed by atoms with E-state index in [2.05, 4.69) is 5.32 Å². The van der Waals surface area contributed by atoms with Crippen molar-refractivity contribution < 1.29 is 9.53 Å². The zero-order valence-electron chi connectivity index (χ0n) is 10.6. The molecule has 0 aromatic heterocycles. The number of benzene rings is 1. The first-order valence-electron chi connectivity index (χ1n) is 6.35. The predicted octanol–water partition coefficient (Wildman–Crippen LogP) is 2.47. The van der Waals surface area contributed by atoms with Crippen LogP contribution < -0.4 is 10.1 Å². The Hall–Kier alpha value is -1.16. The molecule has 98 valence electrons. The van der Waals surface area contributed by atoms with E-state index in [0.29, 0.717) is 12.6 Å². The Balaban J connectivity index is 1.58. The van der Waals surface area contributed by atoms with Crippen LogP contribution in [0.5, 0.6) is 5.75 Å². The summed E-state index contributed by atoms with van der Waals surface area (Å²) in [5.41, 5.74) is 0. The first-order chi connectivity index (χ1) is 8.75. The summed E-state index contributed by atoms with van der Waals surface area (Å²) in [5.74, 6) is 1.86. The van der Waals surface area contributed by atoms with Gasteiger partial charge in [-0.3, -0.25) is 4.79 Å². The van der Waals surface area contributed by atoms with Crippen LogP contribution in [0.2, 0.25) is 0 Å². The molecule has 1 aromatic rings. The summed E-state index contributed by atoms with van der Waals surface area (Å²) in [6.45, 7) is 2.58. The molecule has 1 atom stereocenters. The van der Waals surface area contributed by atoms with Gasteiger partial charge in [0.1, 0.15) is 5.75 Å². The lowest BCUT2D eigenvalue weighted by Gasteiger charge is -2.11. The van der Waals surface area contributed by atoms with Crippen molar-refractivity contribution in [3.8, 4) is 5.75 Å². The molecule has 0 spiro atoms. The van der Waals surface area contributed by atoms with Gasteiger partial charge in [0.25, 0.3) is 0 Å². The molecule has 1 aliphatic carbocycles. The predicted molar refractivity (Wildman–Crippen MR) is 75.0 cm³/mol. The third kappa shape index (κ3) is 4.61. The largest absolute Gasteiger partial charge is 0.493 e. The summed E-state index contributed by atoms with van der Waals surface area (Å²) in [4.78, 5) is 11.7. The van der Waals surface area contributed by atoms with Gasteiger partial charge in [0, 0.05) is 11.8 Å². The Morgan fingerprint density at radius 3 is 2.83 bits per heavy atom. The molecule has 1 unspecified atom stereocenters. The van der Waals surface area contributed by atoms with Gasteiger partial charge in [-0.25, -0.2) is 0 Å². The van der Waals surface area contributed by atoms with Gasteiger partial charge in [0.2, 0.25) is 5.91 Å². The number of carbonyl (C=O) groups excluding carboxylic acids is 1. The number of para-hydroxylation sites is 1. The van der Waals surface area contributed by atoms with Gasteiger partial charge in [0.15, 0.2) is 0 Å². The van der Waals surface area contributed by atoms with Gasteiger partial charge < -0.3 is 10.1 Å². The maximum atomic E-state index is 11.7. The summed E-state index contributed by atoms with van der Waals surface area (Å²) < 4.78 is 5.58. The number of hydrogen-bond donors (Lipinski definition) is 1. The monoisotopic (exact) mass is 265 g/mol. The van der Waals surface area contributed by atoms with Crippen molar-refractivity contribution >= 4 is 17.7 Å². The Morgan fingerprint density at radius 1 is 1.44 bits per heavy atom. The lowest BCUT2D eigenvalue weighted by atomic mass is 10.3. The van der Waals surface area contributed by atoms with Crippen LogP contribution >= 0.6 is 11.8 Å². The fourth-order valence-corrected chi connectivity index (χ4v) is 2.28. The maximum Gasteiger partial charge on any atom is 0.233 e. The summed E-state index contributed by atoms with van der Waals surface area (Å²) >= 11 is 1.64. The molecular formula is C14H19NO2S. The SMILES string of the molecule is CC(SCCOc1ccccc1)C(=O)NC1CC1. The summed E-state index contributed by atoms with van der Waals surface area (Å²) in [7, 11) is 0. The van der Waals surface area contributed by atoms with E-state index in [9.17, 15) is 4.79 Å². The highest BCUT2D eigenvalue weighted by Crippen LogP contribution is 2.20. The van der Waals surface area contributed by atoms with E-state index in [0.717, 1.165) is 24.3 Å². The smallest absolute Gasteiger partial charge is 0.233 e. The van der Waals surface area contributed by atoms with Crippen LogP contribution in [0.1, 0.15) is 19.8 Å². The first-order valence-corrected chi connectivity index (χ1v) is 7.40. The number of nitrogens with one attached hydrogen (secondary N) is 1. The molecule has 0 aliphatic heterocycles. The number of thioether (sulfide) groups is 1. The highest BCUT2D eigenvalue weighted by Gasteiger charge is 2.25. The molecule has 0 bridgehead atoms. The van der Waals surface area contributed by atoms with Crippen molar-refractivity contribution in [2.75, 3.05) is 12.4 Å². The second-order valence-corrected chi connectivity index (χ2v) is 5.91. The molecule has 1 fully saturated rings. The standard InChI is InChI=1S/C14H19NO2S/c1-11(14(16)15-12-7-8-12)18-10-9-17-13-5-3-2-4-6-13/h2-6,11-12H,7-10H2,1H3,(H,15,16). The van der Waals surface area contributed by atoms with E-state index in [1.54, 1.807) is 11.8 Å². The fraction of sp³-hybridized carbons (Fsp3) is 0.500. The lowest BCUT2D eigenvalue weighted by molar-refractivity contribution is -0.120. The molecule has 4 heteroatoms. The zero-order chi connectivity index (χ0) is 12.8. The lowest BCUT2D eigenvalue weighted by Crippen LogP contribution is -2.32. The first kappa shape index (κ1) is 13.3. The van der Waals surface area contributed by atoms with Crippen LogP contribution in [-0.4, -0.2) is 29.6 Å². The Bertz CT molecular complexity index is 379. The van der Waals surface area contributed by atoms with Gasteiger partial charge >= 0.3 is 0 Å². The fourth-order valence-electron chi connectivity index (χ4n) is 1.52. The molecule has 2 rings (SSSR count). The second kappa shape index (κ2) is 6.69. The molecule has 1 amide bonds. The molecule has 1 N–H and O–H groups in total. The third-order valence-electron chi connectivity index (χ3n) is 2.76. The summed E-state index contributed by atoms with van der Waals surface area (Å²) in [6, 6.07) is 10.2. The van der Waals surface area contributed by atoms with E-state index in [-0.39, 0.29) is 11.2 Å². The number of carbonyl (C=O) groups is 1. The van der Waals surface area contributed by atoms with Crippen molar-refractivity contribution in [2.45, 2.75) is 31.1 Å². The zero-order valence-corrected chi connectivity index (χ0v) is 11.4. The maximum absolute atomic E-state index is 11.7. The van der Waals surface area contributed by atoms with E-state index in [1.807, 2.05) is 37.3 Å². The molecule has 3 nitrogen and oxygen atoms in total. The van der Waals surface area contributed by atoms with Crippen molar-refractivity contribution in [3.63, 3.8) is 0 Å². The van der Waals surface area contributed by atoms with Gasteiger partial charge in [0.05, 0.1) is 11.9 Å². The van der Waals surface area contributed by atoms with E-state index in [4.69, 9.17) is 4.74 Å². The van der Waals surface area contributed by atoms with E-state index in [1.165, 1.54) is 0 Å². The minimum absolute atomic E-state index is 0.00460. The molecule has 1 saturated carbocycles. The number of hydrogen-bond acceptors (Lipinski definition) is 3.